The highest BCUT2D eigenvalue weighted by Gasteiger charge is 2.25. The molecule has 1 atom stereocenters. The van der Waals surface area contributed by atoms with Gasteiger partial charge in [-0.1, -0.05) is 0 Å². The Morgan fingerprint density at radius 1 is 1.29 bits per heavy atom. The summed E-state index contributed by atoms with van der Waals surface area (Å²) in [6, 6.07) is 5.87. The van der Waals surface area contributed by atoms with Gasteiger partial charge in [0.15, 0.2) is 0 Å². The molecule has 1 aromatic rings. The minimum atomic E-state index is -0.483. The number of piperidine rings is 1. The average Bonchev–Trinajstić information content (AvgIpc) is 2.47. The maximum absolute atomic E-state index is 9.76. The van der Waals surface area contributed by atoms with E-state index in [-0.39, 0.29) is 23.4 Å². The van der Waals surface area contributed by atoms with E-state index in [1.807, 2.05) is 18.2 Å². The summed E-state index contributed by atoms with van der Waals surface area (Å²) in [5.74, 6) is 0.356. The summed E-state index contributed by atoms with van der Waals surface area (Å²) in [5, 5.41) is 37.2. The van der Waals surface area contributed by atoms with Crippen molar-refractivity contribution in [1.82, 2.24) is 4.98 Å². The first kappa shape index (κ1) is 14.6. The highest BCUT2D eigenvalue weighted by molar-refractivity contribution is 5.69. The lowest BCUT2D eigenvalue weighted by molar-refractivity contribution is 0.154. The van der Waals surface area contributed by atoms with Crippen molar-refractivity contribution >= 4 is 11.6 Å². The molecule has 0 spiro atoms. The summed E-state index contributed by atoms with van der Waals surface area (Å²) in [4.78, 5) is 5.94. The Kier molecular flexibility index (Phi) is 4.23. The van der Waals surface area contributed by atoms with Crippen LogP contribution in [-0.2, 0) is 6.42 Å². The number of pyridine rings is 1. The van der Waals surface area contributed by atoms with Crippen molar-refractivity contribution in [3.63, 3.8) is 0 Å². The number of nitrogens with two attached hydrogens (primary N) is 1. The summed E-state index contributed by atoms with van der Waals surface area (Å²) in [5.41, 5.74) is 6.37. The fraction of sp³-hybridized carbons (Fsp3) is 0.429. The molecule has 0 radical (unpaired) electrons. The number of rotatable bonds is 2. The number of nitriles is 3. The second-order valence-electron chi connectivity index (χ2n) is 4.85. The topological polar surface area (TPSA) is 134 Å². The average molecular weight is 282 g/mol. The Bertz CT molecular complexity index is 679. The second-order valence-corrected chi connectivity index (χ2v) is 4.85. The fourth-order valence-electron chi connectivity index (χ4n) is 2.51. The number of aliphatic hydroxyl groups is 1. The molecule has 0 bridgehead atoms. The fourth-order valence-corrected chi connectivity index (χ4v) is 2.51. The zero-order valence-corrected chi connectivity index (χ0v) is 11.4. The normalized spacial score (nSPS) is 17.6. The van der Waals surface area contributed by atoms with Gasteiger partial charge < -0.3 is 15.7 Å². The molecule has 106 valence electrons. The van der Waals surface area contributed by atoms with Crippen LogP contribution >= 0.6 is 0 Å². The molecule has 1 aliphatic rings. The number of β-amino-alcohol motifs (C(OH)–C–C–N with tert-alkyl or cyclic N) is 1. The molecule has 1 fully saturated rings. The number of hydrogen-bond acceptors (Lipinski definition) is 7. The predicted octanol–water partition coefficient (Wildman–Crippen LogP) is 0.434. The lowest BCUT2D eigenvalue weighted by Gasteiger charge is -2.32. The van der Waals surface area contributed by atoms with Gasteiger partial charge in [0.05, 0.1) is 24.2 Å². The molecule has 1 saturated heterocycles. The van der Waals surface area contributed by atoms with E-state index in [2.05, 4.69) is 4.98 Å². The minimum absolute atomic E-state index is 0.0109. The first-order valence-corrected chi connectivity index (χ1v) is 6.54. The smallest absolute Gasteiger partial charge is 0.149 e. The molecule has 0 saturated carbocycles. The summed E-state index contributed by atoms with van der Waals surface area (Å²) in [7, 11) is 0. The maximum Gasteiger partial charge on any atom is 0.149 e. The van der Waals surface area contributed by atoms with E-state index in [9.17, 15) is 10.4 Å². The van der Waals surface area contributed by atoms with Gasteiger partial charge in [0, 0.05) is 18.7 Å². The summed E-state index contributed by atoms with van der Waals surface area (Å²) >= 11 is 0. The molecular formula is C14H14N6O. The number of aromatic nitrogens is 1. The van der Waals surface area contributed by atoms with Crippen molar-refractivity contribution in [3.8, 4) is 18.2 Å². The van der Waals surface area contributed by atoms with Crippen LogP contribution in [0.3, 0.4) is 0 Å². The van der Waals surface area contributed by atoms with Gasteiger partial charge in [-0.15, -0.1) is 0 Å². The highest BCUT2D eigenvalue weighted by Crippen LogP contribution is 2.29. The van der Waals surface area contributed by atoms with Gasteiger partial charge >= 0.3 is 0 Å². The Morgan fingerprint density at radius 3 is 2.57 bits per heavy atom. The van der Waals surface area contributed by atoms with Crippen LogP contribution < -0.4 is 10.6 Å². The standard InChI is InChI=1S/C14H14N6O/c15-4-3-10-11(6-16)13(18)19-14(12(10)7-17)20-5-1-2-9(21)8-20/h9,21H,1-3,5,8H2,(H2,18,19)/t9-/m0/s1. The third-order valence-corrected chi connectivity index (χ3v) is 3.49. The van der Waals surface area contributed by atoms with Crippen LogP contribution in [-0.4, -0.2) is 29.3 Å². The Labute approximate surface area is 122 Å². The van der Waals surface area contributed by atoms with Gasteiger partial charge in [-0.25, -0.2) is 4.98 Å². The van der Waals surface area contributed by atoms with Crippen molar-refractivity contribution in [2.75, 3.05) is 23.7 Å². The Balaban J connectivity index is 2.59. The van der Waals surface area contributed by atoms with Gasteiger partial charge in [-0.2, -0.15) is 15.8 Å². The molecule has 0 unspecified atom stereocenters. The molecule has 1 aromatic heterocycles. The molecule has 7 heteroatoms. The van der Waals surface area contributed by atoms with E-state index in [0.717, 1.165) is 6.42 Å². The lowest BCUT2D eigenvalue weighted by atomic mass is 9.99. The third-order valence-electron chi connectivity index (χ3n) is 3.49. The molecule has 7 nitrogen and oxygen atoms in total. The molecule has 1 aliphatic heterocycles. The van der Waals surface area contributed by atoms with Crippen LogP contribution in [0, 0.1) is 34.0 Å². The zero-order valence-electron chi connectivity index (χ0n) is 11.4. The third kappa shape index (κ3) is 2.72. The van der Waals surface area contributed by atoms with Crippen molar-refractivity contribution in [2.45, 2.75) is 25.4 Å². The van der Waals surface area contributed by atoms with Crippen LogP contribution in [0.15, 0.2) is 0 Å². The van der Waals surface area contributed by atoms with Gasteiger partial charge in [0.1, 0.15) is 29.3 Å². The number of anilines is 2. The van der Waals surface area contributed by atoms with Gasteiger partial charge in [0.25, 0.3) is 0 Å². The molecule has 0 aliphatic carbocycles. The Morgan fingerprint density at radius 2 is 2.00 bits per heavy atom. The van der Waals surface area contributed by atoms with E-state index in [1.54, 1.807) is 4.90 Å². The van der Waals surface area contributed by atoms with Crippen LogP contribution in [0.4, 0.5) is 11.6 Å². The summed E-state index contributed by atoms with van der Waals surface area (Å²) in [6.45, 7) is 1.01. The molecule has 2 rings (SSSR count). The van der Waals surface area contributed by atoms with E-state index in [1.165, 1.54) is 0 Å². The molecule has 0 amide bonds. The van der Waals surface area contributed by atoms with Crippen LogP contribution in [0.25, 0.3) is 0 Å². The van der Waals surface area contributed by atoms with Crippen LogP contribution in [0.1, 0.15) is 29.5 Å². The number of aliphatic hydroxyl groups excluding tert-OH is 1. The molecule has 0 aromatic carbocycles. The van der Waals surface area contributed by atoms with Gasteiger partial charge in [0.2, 0.25) is 0 Å². The number of hydrogen-bond donors (Lipinski definition) is 2. The maximum atomic E-state index is 9.76. The summed E-state index contributed by atoms with van der Waals surface area (Å²) < 4.78 is 0. The zero-order chi connectivity index (χ0) is 15.4. The van der Waals surface area contributed by atoms with E-state index in [4.69, 9.17) is 16.3 Å². The summed E-state index contributed by atoms with van der Waals surface area (Å²) in [6.07, 6.45) is 0.918. The van der Waals surface area contributed by atoms with Crippen molar-refractivity contribution in [1.29, 1.82) is 15.8 Å². The minimum Gasteiger partial charge on any atom is -0.391 e. The largest absolute Gasteiger partial charge is 0.391 e. The van der Waals surface area contributed by atoms with Crippen molar-refractivity contribution in [3.05, 3.63) is 16.7 Å². The molecule has 2 heterocycles. The highest BCUT2D eigenvalue weighted by atomic mass is 16.3. The van der Waals surface area contributed by atoms with E-state index in [0.29, 0.717) is 30.9 Å². The van der Waals surface area contributed by atoms with Crippen molar-refractivity contribution < 1.29 is 5.11 Å². The monoisotopic (exact) mass is 282 g/mol. The SMILES string of the molecule is N#CCc1c(C#N)c(N)nc(N2CCC[C@H](O)C2)c1C#N. The lowest BCUT2D eigenvalue weighted by Crippen LogP contribution is -2.39. The first-order chi connectivity index (χ1) is 10.1. The van der Waals surface area contributed by atoms with E-state index < -0.39 is 6.10 Å². The van der Waals surface area contributed by atoms with Gasteiger partial charge in [-0.3, -0.25) is 0 Å². The second kappa shape index (κ2) is 6.09. The predicted molar refractivity (Wildman–Crippen MR) is 74.9 cm³/mol. The van der Waals surface area contributed by atoms with Crippen LogP contribution in [0.5, 0.6) is 0 Å². The number of nitrogens with zero attached hydrogens (tertiary/aromatic N) is 5. The first-order valence-electron chi connectivity index (χ1n) is 6.54. The van der Waals surface area contributed by atoms with Crippen LogP contribution in [0.2, 0.25) is 0 Å². The molecular weight excluding hydrogens is 268 g/mol. The number of nitrogen functional groups attached to an aromatic ring is 1. The Hall–Kier alpha value is -2.82. The van der Waals surface area contributed by atoms with E-state index >= 15 is 0 Å². The molecule has 21 heavy (non-hydrogen) atoms. The molecule has 3 N–H and O–H groups in total. The van der Waals surface area contributed by atoms with Crippen molar-refractivity contribution in [2.24, 2.45) is 0 Å². The quantitative estimate of drug-likeness (QED) is 0.803. The van der Waals surface area contributed by atoms with Gasteiger partial charge in [-0.05, 0) is 12.8 Å².